The highest BCUT2D eigenvalue weighted by molar-refractivity contribution is 6.35. The van der Waals surface area contributed by atoms with Gasteiger partial charge in [-0.15, -0.1) is 0 Å². The van der Waals surface area contributed by atoms with Crippen LogP contribution in [0.5, 0.6) is 0 Å². The van der Waals surface area contributed by atoms with Crippen LogP contribution in [-0.2, 0) is 0 Å². The average Bonchev–Trinajstić information content (AvgIpc) is 2.67. The molecule has 0 unspecified atom stereocenters. The van der Waals surface area contributed by atoms with Gasteiger partial charge in [0.05, 0.1) is 10.7 Å². The number of piperidine rings is 1. The molecule has 2 heterocycles. The van der Waals surface area contributed by atoms with E-state index in [1.165, 1.54) is 0 Å². The van der Waals surface area contributed by atoms with Crippen molar-refractivity contribution < 1.29 is 0 Å². The first-order valence-corrected chi connectivity index (χ1v) is 9.29. The Morgan fingerprint density at radius 2 is 1.85 bits per heavy atom. The predicted octanol–water partition coefficient (Wildman–Crippen LogP) is 4.53. The van der Waals surface area contributed by atoms with Crippen LogP contribution in [0.15, 0.2) is 48.7 Å². The first kappa shape index (κ1) is 17.1. The van der Waals surface area contributed by atoms with Gasteiger partial charge in [-0.3, -0.25) is 0 Å². The molecule has 0 spiro atoms. The Hall–Kier alpha value is -2.37. The molecule has 3 aromatic rings. The third-order valence-electron chi connectivity index (χ3n) is 4.81. The predicted molar refractivity (Wildman–Crippen MR) is 108 cm³/mol. The molecule has 0 aliphatic carbocycles. The number of hydrogen-bond acceptors (Lipinski definition) is 5. The lowest BCUT2D eigenvalue weighted by atomic mass is 10.0. The molecule has 0 atom stereocenters. The Balaban J connectivity index is 1.64. The summed E-state index contributed by atoms with van der Waals surface area (Å²) in [5.74, 6) is 0.567. The SMILES string of the molecule is CN1CCC(Nc2ccc(Cl)c3cnc(Nc4ccccc4)nc23)CC1. The molecular weight excluding hydrogens is 346 g/mol. The van der Waals surface area contributed by atoms with Gasteiger partial charge in [0.15, 0.2) is 0 Å². The van der Waals surface area contributed by atoms with Crippen LogP contribution in [0.1, 0.15) is 12.8 Å². The zero-order chi connectivity index (χ0) is 17.9. The van der Waals surface area contributed by atoms with E-state index < -0.39 is 0 Å². The van der Waals surface area contributed by atoms with E-state index in [9.17, 15) is 0 Å². The first-order valence-electron chi connectivity index (χ1n) is 8.91. The fourth-order valence-electron chi connectivity index (χ4n) is 3.29. The Kier molecular flexibility index (Phi) is 4.91. The zero-order valence-electron chi connectivity index (χ0n) is 14.7. The molecule has 0 amide bonds. The van der Waals surface area contributed by atoms with Gasteiger partial charge in [-0.2, -0.15) is 0 Å². The number of anilines is 3. The summed E-state index contributed by atoms with van der Waals surface area (Å²) in [4.78, 5) is 11.5. The third kappa shape index (κ3) is 3.74. The summed E-state index contributed by atoms with van der Waals surface area (Å²) in [7, 11) is 2.17. The van der Waals surface area contributed by atoms with Crippen molar-refractivity contribution in [2.45, 2.75) is 18.9 Å². The molecule has 2 N–H and O–H groups in total. The number of para-hydroxylation sites is 1. The van der Waals surface area contributed by atoms with E-state index in [4.69, 9.17) is 16.6 Å². The minimum absolute atomic E-state index is 0.455. The molecule has 0 bridgehead atoms. The largest absolute Gasteiger partial charge is 0.380 e. The second-order valence-electron chi connectivity index (χ2n) is 6.76. The number of halogens is 1. The van der Waals surface area contributed by atoms with Gasteiger partial charge in [0.25, 0.3) is 0 Å². The summed E-state index contributed by atoms with van der Waals surface area (Å²) in [6.45, 7) is 2.22. The monoisotopic (exact) mass is 367 g/mol. The van der Waals surface area contributed by atoms with Crippen LogP contribution >= 0.6 is 11.6 Å². The van der Waals surface area contributed by atoms with E-state index in [1.807, 2.05) is 42.5 Å². The number of nitrogens with one attached hydrogen (secondary N) is 2. The normalized spacial score (nSPS) is 15.9. The van der Waals surface area contributed by atoms with Crippen molar-refractivity contribution in [3.8, 4) is 0 Å². The molecule has 0 saturated carbocycles. The number of fused-ring (bicyclic) bond motifs is 1. The standard InChI is InChI=1S/C20H22ClN5/c1-26-11-9-15(10-12-26)23-18-8-7-17(21)16-13-22-20(25-19(16)18)24-14-5-3-2-4-6-14/h2-8,13,15,23H,9-12H2,1H3,(H,22,24,25). The molecule has 5 nitrogen and oxygen atoms in total. The summed E-state index contributed by atoms with van der Waals surface area (Å²) in [6.07, 6.45) is 4.04. The fraction of sp³-hybridized carbons (Fsp3) is 0.300. The number of aromatic nitrogens is 2. The smallest absolute Gasteiger partial charge is 0.227 e. The van der Waals surface area contributed by atoms with Crippen molar-refractivity contribution >= 4 is 39.8 Å². The van der Waals surface area contributed by atoms with E-state index in [0.29, 0.717) is 17.0 Å². The molecule has 134 valence electrons. The summed E-state index contributed by atoms with van der Waals surface area (Å²) in [5.41, 5.74) is 2.82. The molecule has 6 heteroatoms. The van der Waals surface area contributed by atoms with Crippen molar-refractivity contribution in [3.63, 3.8) is 0 Å². The minimum Gasteiger partial charge on any atom is -0.380 e. The van der Waals surface area contributed by atoms with Crippen LogP contribution in [-0.4, -0.2) is 41.0 Å². The highest BCUT2D eigenvalue weighted by Crippen LogP contribution is 2.30. The number of likely N-dealkylation sites (tertiary alicyclic amines) is 1. The molecule has 0 radical (unpaired) electrons. The van der Waals surface area contributed by atoms with Crippen molar-refractivity contribution in [3.05, 3.63) is 53.7 Å². The lowest BCUT2D eigenvalue weighted by molar-refractivity contribution is 0.264. The molecule has 1 aliphatic heterocycles. The lowest BCUT2D eigenvalue weighted by Crippen LogP contribution is -2.36. The average molecular weight is 368 g/mol. The van der Waals surface area contributed by atoms with Gasteiger partial charge in [0, 0.05) is 23.3 Å². The lowest BCUT2D eigenvalue weighted by Gasteiger charge is -2.30. The van der Waals surface area contributed by atoms with Crippen LogP contribution < -0.4 is 10.6 Å². The Morgan fingerprint density at radius 1 is 1.08 bits per heavy atom. The highest BCUT2D eigenvalue weighted by atomic mass is 35.5. The van der Waals surface area contributed by atoms with Crippen LogP contribution in [0.25, 0.3) is 10.9 Å². The summed E-state index contributed by atoms with van der Waals surface area (Å²) < 4.78 is 0. The molecule has 1 aliphatic rings. The maximum Gasteiger partial charge on any atom is 0.227 e. The Labute approximate surface area is 158 Å². The van der Waals surface area contributed by atoms with Gasteiger partial charge < -0.3 is 15.5 Å². The van der Waals surface area contributed by atoms with Crippen LogP contribution in [0.4, 0.5) is 17.3 Å². The van der Waals surface area contributed by atoms with Gasteiger partial charge in [0.1, 0.15) is 5.52 Å². The zero-order valence-corrected chi connectivity index (χ0v) is 15.5. The number of benzene rings is 2. The summed E-state index contributed by atoms with van der Waals surface area (Å²) >= 11 is 6.37. The van der Waals surface area contributed by atoms with Crippen molar-refractivity contribution in [1.29, 1.82) is 0 Å². The number of rotatable bonds is 4. The topological polar surface area (TPSA) is 53.1 Å². The molecular formula is C20H22ClN5. The van der Waals surface area contributed by atoms with E-state index in [-0.39, 0.29) is 0 Å². The second-order valence-corrected chi connectivity index (χ2v) is 7.17. The van der Waals surface area contributed by atoms with Gasteiger partial charge in [-0.05, 0) is 57.2 Å². The Morgan fingerprint density at radius 3 is 2.62 bits per heavy atom. The molecule has 2 aromatic carbocycles. The van der Waals surface area contributed by atoms with Crippen LogP contribution in [0.2, 0.25) is 5.02 Å². The minimum atomic E-state index is 0.455. The van der Waals surface area contributed by atoms with E-state index in [2.05, 4.69) is 27.6 Å². The maximum atomic E-state index is 6.37. The van der Waals surface area contributed by atoms with Gasteiger partial charge in [-0.1, -0.05) is 29.8 Å². The Bertz CT molecular complexity index is 891. The van der Waals surface area contributed by atoms with Gasteiger partial charge >= 0.3 is 0 Å². The second kappa shape index (κ2) is 7.48. The van der Waals surface area contributed by atoms with E-state index in [0.717, 1.165) is 48.2 Å². The van der Waals surface area contributed by atoms with Gasteiger partial charge in [-0.25, -0.2) is 9.97 Å². The molecule has 1 saturated heterocycles. The number of nitrogens with zero attached hydrogens (tertiary/aromatic N) is 3. The van der Waals surface area contributed by atoms with Crippen molar-refractivity contribution in [2.75, 3.05) is 30.8 Å². The van der Waals surface area contributed by atoms with Crippen LogP contribution in [0.3, 0.4) is 0 Å². The molecule has 26 heavy (non-hydrogen) atoms. The van der Waals surface area contributed by atoms with Gasteiger partial charge in [0.2, 0.25) is 5.95 Å². The first-order chi connectivity index (χ1) is 12.7. The molecule has 1 fully saturated rings. The molecule has 4 rings (SSSR count). The third-order valence-corrected chi connectivity index (χ3v) is 5.14. The maximum absolute atomic E-state index is 6.37. The van der Waals surface area contributed by atoms with E-state index in [1.54, 1.807) is 6.20 Å². The quantitative estimate of drug-likeness (QED) is 0.709. The van der Waals surface area contributed by atoms with Crippen molar-refractivity contribution in [1.82, 2.24) is 14.9 Å². The van der Waals surface area contributed by atoms with Crippen molar-refractivity contribution in [2.24, 2.45) is 0 Å². The molecule has 1 aromatic heterocycles. The van der Waals surface area contributed by atoms with E-state index >= 15 is 0 Å². The summed E-state index contributed by atoms with van der Waals surface area (Å²) in [6, 6.07) is 14.3. The van der Waals surface area contributed by atoms with Crippen LogP contribution in [0, 0.1) is 0 Å². The fourth-order valence-corrected chi connectivity index (χ4v) is 3.49. The number of hydrogen-bond donors (Lipinski definition) is 2. The highest BCUT2D eigenvalue weighted by Gasteiger charge is 2.18. The summed E-state index contributed by atoms with van der Waals surface area (Å²) in [5, 5.41) is 8.44.